The monoisotopic (exact) mass is 237 g/mol. The van der Waals surface area contributed by atoms with Crippen LogP contribution in [0.2, 0.25) is 0 Å². The van der Waals surface area contributed by atoms with Gasteiger partial charge in [-0.1, -0.05) is 6.07 Å². The van der Waals surface area contributed by atoms with Crippen molar-refractivity contribution in [1.29, 1.82) is 0 Å². The maximum Gasteiger partial charge on any atom is 0.420 e. The number of rotatable bonds is 1. The highest BCUT2D eigenvalue weighted by Gasteiger charge is 2.35. The SMILES string of the molecule is FC(F)c1nc2cccc(C(F)(F)F)c2o1. The Bertz CT molecular complexity index is 516. The molecule has 2 nitrogen and oxygen atoms in total. The number of alkyl halides is 5. The number of para-hydroxylation sites is 1. The Balaban J connectivity index is 2.68. The van der Waals surface area contributed by atoms with Gasteiger partial charge in [-0.3, -0.25) is 0 Å². The summed E-state index contributed by atoms with van der Waals surface area (Å²) in [5, 5.41) is 0. The molecule has 0 bridgehead atoms. The lowest BCUT2D eigenvalue weighted by atomic mass is 10.2. The Kier molecular flexibility index (Phi) is 2.32. The molecule has 1 heterocycles. The highest BCUT2D eigenvalue weighted by atomic mass is 19.4. The van der Waals surface area contributed by atoms with E-state index >= 15 is 0 Å². The van der Waals surface area contributed by atoms with Gasteiger partial charge in [0.25, 0.3) is 5.89 Å². The second-order valence-electron chi connectivity index (χ2n) is 3.00. The summed E-state index contributed by atoms with van der Waals surface area (Å²) < 4.78 is 66.2. The third kappa shape index (κ3) is 1.72. The van der Waals surface area contributed by atoms with Crippen LogP contribution in [-0.2, 0) is 6.18 Å². The van der Waals surface area contributed by atoms with Gasteiger partial charge in [-0.25, -0.2) is 4.98 Å². The molecule has 86 valence electrons. The first-order valence-electron chi connectivity index (χ1n) is 4.14. The van der Waals surface area contributed by atoms with E-state index in [0.29, 0.717) is 0 Å². The van der Waals surface area contributed by atoms with E-state index in [0.717, 1.165) is 12.1 Å². The van der Waals surface area contributed by atoms with Crippen LogP contribution in [0.4, 0.5) is 22.0 Å². The minimum absolute atomic E-state index is 0.231. The quantitative estimate of drug-likeness (QED) is 0.705. The Labute approximate surface area is 85.7 Å². The highest BCUT2D eigenvalue weighted by Crippen LogP contribution is 2.36. The van der Waals surface area contributed by atoms with Crippen molar-refractivity contribution in [3.8, 4) is 0 Å². The van der Waals surface area contributed by atoms with E-state index in [2.05, 4.69) is 9.40 Å². The summed E-state index contributed by atoms with van der Waals surface area (Å²) in [6, 6.07) is 3.02. The van der Waals surface area contributed by atoms with Crippen LogP contribution in [0, 0.1) is 0 Å². The van der Waals surface area contributed by atoms with Gasteiger partial charge in [0, 0.05) is 0 Å². The lowest BCUT2D eigenvalue weighted by Gasteiger charge is -2.05. The van der Waals surface area contributed by atoms with E-state index in [1.807, 2.05) is 0 Å². The number of fused-ring (bicyclic) bond motifs is 1. The van der Waals surface area contributed by atoms with Crippen LogP contribution in [0.25, 0.3) is 11.1 Å². The molecule has 2 aromatic rings. The molecule has 0 amide bonds. The molecule has 7 heteroatoms. The van der Waals surface area contributed by atoms with E-state index in [1.54, 1.807) is 0 Å². The molecule has 0 N–H and O–H groups in total. The van der Waals surface area contributed by atoms with Crippen LogP contribution in [0.3, 0.4) is 0 Å². The third-order valence-corrected chi connectivity index (χ3v) is 1.92. The van der Waals surface area contributed by atoms with Crippen molar-refractivity contribution in [3.05, 3.63) is 29.7 Å². The van der Waals surface area contributed by atoms with Gasteiger partial charge in [0.05, 0.1) is 0 Å². The molecular formula is C9H4F5NO. The predicted octanol–water partition coefficient (Wildman–Crippen LogP) is 3.78. The molecule has 16 heavy (non-hydrogen) atoms. The van der Waals surface area contributed by atoms with Gasteiger partial charge in [-0.05, 0) is 12.1 Å². The number of oxazole rings is 1. The molecule has 2 rings (SSSR count). The van der Waals surface area contributed by atoms with Gasteiger partial charge in [0.1, 0.15) is 11.1 Å². The summed E-state index contributed by atoms with van der Waals surface area (Å²) in [4.78, 5) is 3.27. The lowest BCUT2D eigenvalue weighted by molar-refractivity contribution is -0.136. The molecule has 0 aliphatic carbocycles. The first kappa shape index (κ1) is 10.8. The molecule has 0 radical (unpaired) electrons. The van der Waals surface area contributed by atoms with Crippen molar-refractivity contribution in [2.24, 2.45) is 0 Å². The van der Waals surface area contributed by atoms with Crippen molar-refractivity contribution < 1.29 is 26.4 Å². The fraction of sp³-hybridized carbons (Fsp3) is 0.222. The molecule has 0 fully saturated rings. The van der Waals surface area contributed by atoms with Crippen molar-refractivity contribution in [1.82, 2.24) is 4.98 Å². The molecule has 1 aromatic heterocycles. The lowest BCUT2D eigenvalue weighted by Crippen LogP contribution is -2.04. The zero-order valence-electron chi connectivity index (χ0n) is 7.55. The average molecular weight is 237 g/mol. The van der Waals surface area contributed by atoms with E-state index in [9.17, 15) is 22.0 Å². The van der Waals surface area contributed by atoms with Crippen LogP contribution in [0.1, 0.15) is 17.9 Å². The van der Waals surface area contributed by atoms with Gasteiger partial charge in [-0.2, -0.15) is 22.0 Å². The van der Waals surface area contributed by atoms with Crippen molar-refractivity contribution in [2.75, 3.05) is 0 Å². The Morgan fingerprint density at radius 2 is 1.88 bits per heavy atom. The van der Waals surface area contributed by atoms with Crippen LogP contribution >= 0.6 is 0 Å². The largest absolute Gasteiger partial charge is 0.435 e. The molecule has 0 spiro atoms. The summed E-state index contributed by atoms with van der Waals surface area (Å²) in [6.45, 7) is 0. The minimum atomic E-state index is -4.65. The van der Waals surface area contributed by atoms with Gasteiger partial charge >= 0.3 is 12.6 Å². The van der Waals surface area contributed by atoms with Crippen molar-refractivity contribution >= 4 is 11.1 Å². The second kappa shape index (κ2) is 3.43. The van der Waals surface area contributed by atoms with E-state index < -0.39 is 29.6 Å². The van der Waals surface area contributed by atoms with Gasteiger partial charge in [0.2, 0.25) is 0 Å². The van der Waals surface area contributed by atoms with Gasteiger partial charge < -0.3 is 4.42 Å². The van der Waals surface area contributed by atoms with Gasteiger partial charge in [-0.15, -0.1) is 0 Å². The molecule has 0 aliphatic heterocycles. The number of aromatic nitrogens is 1. The first-order valence-corrected chi connectivity index (χ1v) is 4.14. The van der Waals surface area contributed by atoms with Crippen LogP contribution in [0.5, 0.6) is 0 Å². The molecule has 0 atom stereocenters. The molecule has 0 aliphatic rings. The normalized spacial score (nSPS) is 12.6. The van der Waals surface area contributed by atoms with Gasteiger partial charge in [0.15, 0.2) is 5.58 Å². The molecule has 1 aromatic carbocycles. The fourth-order valence-corrected chi connectivity index (χ4v) is 1.28. The maximum atomic E-state index is 12.5. The molecular weight excluding hydrogens is 233 g/mol. The summed E-state index contributed by atoms with van der Waals surface area (Å²) in [5.74, 6) is -1.01. The Hall–Kier alpha value is -1.66. The maximum absolute atomic E-state index is 12.5. The van der Waals surface area contributed by atoms with E-state index in [-0.39, 0.29) is 5.52 Å². The highest BCUT2D eigenvalue weighted by molar-refractivity contribution is 5.77. The molecule has 0 unspecified atom stereocenters. The van der Waals surface area contributed by atoms with Crippen molar-refractivity contribution in [2.45, 2.75) is 12.6 Å². The number of halogens is 5. The Morgan fingerprint density at radius 1 is 1.19 bits per heavy atom. The van der Waals surface area contributed by atoms with Crippen LogP contribution in [0.15, 0.2) is 22.6 Å². The summed E-state index contributed by atoms with van der Waals surface area (Å²) in [6.07, 6.45) is -7.69. The zero-order valence-corrected chi connectivity index (χ0v) is 7.55. The van der Waals surface area contributed by atoms with E-state index in [4.69, 9.17) is 0 Å². The minimum Gasteiger partial charge on any atom is -0.435 e. The zero-order chi connectivity index (χ0) is 11.9. The Morgan fingerprint density at radius 3 is 2.44 bits per heavy atom. The standard InChI is InChI=1S/C9H4F5NO/c10-7(11)8-15-5-3-1-2-4(6(5)16-8)9(12,13)14/h1-3,7H. The summed E-state index contributed by atoms with van der Waals surface area (Å²) >= 11 is 0. The number of hydrogen-bond acceptors (Lipinski definition) is 2. The first-order chi connectivity index (χ1) is 7.39. The molecule has 0 saturated carbocycles. The number of nitrogens with zero attached hydrogens (tertiary/aromatic N) is 1. The van der Waals surface area contributed by atoms with Crippen LogP contribution in [-0.4, -0.2) is 4.98 Å². The summed E-state index contributed by atoms with van der Waals surface area (Å²) in [7, 11) is 0. The van der Waals surface area contributed by atoms with Crippen molar-refractivity contribution in [3.63, 3.8) is 0 Å². The molecule has 0 saturated heterocycles. The third-order valence-electron chi connectivity index (χ3n) is 1.92. The topological polar surface area (TPSA) is 26.0 Å². The van der Waals surface area contributed by atoms with E-state index in [1.165, 1.54) is 6.07 Å². The average Bonchev–Trinajstić information content (AvgIpc) is 2.58. The second-order valence-corrected chi connectivity index (χ2v) is 3.00. The predicted molar refractivity (Wildman–Crippen MR) is 44.0 cm³/mol. The fourth-order valence-electron chi connectivity index (χ4n) is 1.28. The van der Waals surface area contributed by atoms with Crippen LogP contribution < -0.4 is 0 Å². The number of hydrogen-bond donors (Lipinski definition) is 0. The number of benzene rings is 1. The summed E-state index contributed by atoms with van der Waals surface area (Å²) in [5.41, 5.74) is -2.00. The smallest absolute Gasteiger partial charge is 0.420 e.